The first kappa shape index (κ1) is 8.61. The summed E-state index contributed by atoms with van der Waals surface area (Å²) in [5, 5.41) is 11.9. The Morgan fingerprint density at radius 1 is 1.50 bits per heavy atom. The van der Waals surface area contributed by atoms with E-state index in [2.05, 4.69) is 11.4 Å². The van der Waals surface area contributed by atoms with Gasteiger partial charge in [-0.3, -0.25) is 0 Å². The van der Waals surface area contributed by atoms with E-state index in [-0.39, 0.29) is 0 Å². The molecule has 0 saturated carbocycles. The molecule has 0 aliphatic heterocycles. The highest BCUT2D eigenvalue weighted by atomic mass is 14.9. The fourth-order valence-corrected chi connectivity index (χ4v) is 1.10. The molecule has 62 valence electrons. The second kappa shape index (κ2) is 3.77. The van der Waals surface area contributed by atoms with Crippen molar-refractivity contribution in [2.24, 2.45) is 0 Å². The van der Waals surface area contributed by atoms with Crippen LogP contribution in [0.5, 0.6) is 0 Å². The lowest BCUT2D eigenvalue weighted by Crippen LogP contribution is -1.98. The Labute approximate surface area is 72.8 Å². The van der Waals surface area contributed by atoms with Crippen LogP contribution in [0.3, 0.4) is 0 Å². The predicted octanol–water partition coefficient (Wildman–Crippen LogP) is 2.30. The maximum atomic E-state index is 8.78. The minimum absolute atomic E-state index is 0.719. The number of hydrogen-bond acceptors (Lipinski definition) is 2. The van der Waals surface area contributed by atoms with Crippen LogP contribution in [-0.2, 0) is 0 Å². The summed E-state index contributed by atoms with van der Waals surface area (Å²) in [5.74, 6) is 0. The summed E-state index contributed by atoms with van der Waals surface area (Å²) >= 11 is 0. The van der Waals surface area contributed by atoms with E-state index in [9.17, 15) is 0 Å². The molecular weight excluding hydrogens is 148 g/mol. The van der Waals surface area contributed by atoms with E-state index in [1.54, 1.807) is 0 Å². The third-order valence-corrected chi connectivity index (χ3v) is 1.66. The Balaban J connectivity index is 3.05. The van der Waals surface area contributed by atoms with Crippen LogP contribution in [0.4, 0.5) is 5.69 Å². The lowest BCUT2D eigenvalue weighted by atomic mass is 10.1. The van der Waals surface area contributed by atoms with Gasteiger partial charge in [0.1, 0.15) is 6.07 Å². The van der Waals surface area contributed by atoms with E-state index in [0.717, 1.165) is 23.4 Å². The second-order valence-corrected chi connectivity index (χ2v) is 2.69. The Hall–Kier alpha value is -1.49. The van der Waals surface area contributed by atoms with Gasteiger partial charge in [-0.1, -0.05) is 6.07 Å². The van der Waals surface area contributed by atoms with Gasteiger partial charge in [0.2, 0.25) is 0 Å². The molecule has 0 heterocycles. The molecule has 1 aromatic carbocycles. The molecule has 0 saturated heterocycles. The quantitative estimate of drug-likeness (QED) is 0.720. The fourth-order valence-electron chi connectivity index (χ4n) is 1.10. The van der Waals surface area contributed by atoms with Gasteiger partial charge in [-0.25, -0.2) is 0 Å². The standard InChI is InChI=1S/C10H12N2/c1-3-12-10-5-4-8(2)6-9(10)7-11/h4-6,12H,3H2,1-2H3. The van der Waals surface area contributed by atoms with Gasteiger partial charge in [0.05, 0.1) is 11.3 Å². The highest BCUT2D eigenvalue weighted by molar-refractivity contribution is 5.58. The third kappa shape index (κ3) is 1.76. The molecule has 1 rings (SSSR count). The summed E-state index contributed by atoms with van der Waals surface area (Å²) in [5.41, 5.74) is 2.76. The van der Waals surface area contributed by atoms with Crippen molar-refractivity contribution in [2.45, 2.75) is 13.8 Å². The van der Waals surface area contributed by atoms with E-state index in [1.807, 2.05) is 32.0 Å². The van der Waals surface area contributed by atoms with Crippen LogP contribution in [0.15, 0.2) is 18.2 Å². The average molecular weight is 160 g/mol. The lowest BCUT2D eigenvalue weighted by molar-refractivity contribution is 1.20. The van der Waals surface area contributed by atoms with Crippen LogP contribution in [-0.4, -0.2) is 6.54 Å². The molecule has 0 aliphatic carbocycles. The summed E-state index contributed by atoms with van der Waals surface area (Å²) in [4.78, 5) is 0. The van der Waals surface area contributed by atoms with Gasteiger partial charge >= 0.3 is 0 Å². The molecule has 0 aromatic heterocycles. The molecule has 2 heteroatoms. The molecule has 0 unspecified atom stereocenters. The number of nitriles is 1. The van der Waals surface area contributed by atoms with Crippen LogP contribution in [0, 0.1) is 18.3 Å². The van der Waals surface area contributed by atoms with Crippen LogP contribution in [0.2, 0.25) is 0 Å². The maximum absolute atomic E-state index is 8.78. The molecular formula is C10H12N2. The molecule has 0 aliphatic rings. The molecule has 1 N–H and O–H groups in total. The third-order valence-electron chi connectivity index (χ3n) is 1.66. The van der Waals surface area contributed by atoms with Crippen molar-refractivity contribution < 1.29 is 0 Å². The zero-order valence-electron chi connectivity index (χ0n) is 7.39. The summed E-state index contributed by atoms with van der Waals surface area (Å²) < 4.78 is 0. The first-order chi connectivity index (χ1) is 5.77. The highest BCUT2D eigenvalue weighted by Gasteiger charge is 1.98. The molecule has 1 aromatic rings. The van der Waals surface area contributed by atoms with Crippen molar-refractivity contribution in [1.29, 1.82) is 5.26 Å². The Kier molecular flexibility index (Phi) is 2.71. The number of benzene rings is 1. The van der Waals surface area contributed by atoms with Gasteiger partial charge in [0.25, 0.3) is 0 Å². The van der Waals surface area contributed by atoms with Gasteiger partial charge in [-0.15, -0.1) is 0 Å². The molecule has 0 spiro atoms. The van der Waals surface area contributed by atoms with E-state index in [1.165, 1.54) is 0 Å². The van der Waals surface area contributed by atoms with Gasteiger partial charge in [-0.2, -0.15) is 5.26 Å². The number of nitrogens with zero attached hydrogens (tertiary/aromatic N) is 1. The van der Waals surface area contributed by atoms with Gasteiger partial charge in [0, 0.05) is 6.54 Å². The maximum Gasteiger partial charge on any atom is 0.101 e. The van der Waals surface area contributed by atoms with E-state index < -0.39 is 0 Å². The van der Waals surface area contributed by atoms with Crippen LogP contribution in [0.1, 0.15) is 18.1 Å². The topological polar surface area (TPSA) is 35.8 Å². The average Bonchev–Trinajstić information content (AvgIpc) is 2.08. The van der Waals surface area contributed by atoms with Crippen molar-refractivity contribution >= 4 is 5.69 Å². The van der Waals surface area contributed by atoms with Crippen molar-refractivity contribution in [3.05, 3.63) is 29.3 Å². The SMILES string of the molecule is CCNc1ccc(C)cc1C#N. The normalized spacial score (nSPS) is 9.08. The zero-order valence-corrected chi connectivity index (χ0v) is 7.39. The minimum Gasteiger partial charge on any atom is -0.384 e. The largest absolute Gasteiger partial charge is 0.384 e. The molecule has 0 bridgehead atoms. The number of anilines is 1. The Morgan fingerprint density at radius 3 is 2.83 bits per heavy atom. The van der Waals surface area contributed by atoms with E-state index in [4.69, 9.17) is 5.26 Å². The van der Waals surface area contributed by atoms with Gasteiger partial charge < -0.3 is 5.32 Å². The lowest BCUT2D eigenvalue weighted by Gasteiger charge is -2.05. The Morgan fingerprint density at radius 2 is 2.25 bits per heavy atom. The molecule has 0 fully saturated rings. The predicted molar refractivity (Wildman–Crippen MR) is 50.1 cm³/mol. The molecule has 12 heavy (non-hydrogen) atoms. The molecule has 0 radical (unpaired) electrons. The summed E-state index contributed by atoms with van der Waals surface area (Å²) in [6.07, 6.45) is 0. The van der Waals surface area contributed by atoms with Gasteiger partial charge in [-0.05, 0) is 31.5 Å². The first-order valence-electron chi connectivity index (χ1n) is 4.02. The van der Waals surface area contributed by atoms with Crippen molar-refractivity contribution in [3.8, 4) is 6.07 Å². The molecule has 0 amide bonds. The van der Waals surface area contributed by atoms with Crippen molar-refractivity contribution in [2.75, 3.05) is 11.9 Å². The monoisotopic (exact) mass is 160 g/mol. The number of rotatable bonds is 2. The zero-order chi connectivity index (χ0) is 8.97. The number of hydrogen-bond donors (Lipinski definition) is 1. The minimum atomic E-state index is 0.719. The molecule has 2 nitrogen and oxygen atoms in total. The van der Waals surface area contributed by atoms with E-state index in [0.29, 0.717) is 0 Å². The smallest absolute Gasteiger partial charge is 0.101 e. The number of aryl methyl sites for hydroxylation is 1. The summed E-state index contributed by atoms with van der Waals surface area (Å²) in [7, 11) is 0. The fraction of sp³-hybridized carbons (Fsp3) is 0.300. The molecule has 0 atom stereocenters. The van der Waals surface area contributed by atoms with Crippen LogP contribution in [0.25, 0.3) is 0 Å². The van der Waals surface area contributed by atoms with E-state index >= 15 is 0 Å². The van der Waals surface area contributed by atoms with Crippen molar-refractivity contribution in [1.82, 2.24) is 0 Å². The Bertz CT molecular complexity index is 310. The highest BCUT2D eigenvalue weighted by Crippen LogP contribution is 2.15. The first-order valence-corrected chi connectivity index (χ1v) is 4.02. The van der Waals surface area contributed by atoms with Crippen LogP contribution < -0.4 is 5.32 Å². The number of nitrogens with one attached hydrogen (secondary N) is 1. The van der Waals surface area contributed by atoms with Crippen LogP contribution >= 0.6 is 0 Å². The summed E-state index contributed by atoms with van der Waals surface area (Å²) in [6.45, 7) is 4.84. The second-order valence-electron chi connectivity index (χ2n) is 2.69. The van der Waals surface area contributed by atoms with Gasteiger partial charge in [0.15, 0.2) is 0 Å². The summed E-state index contributed by atoms with van der Waals surface area (Å²) in [6, 6.07) is 7.99. The van der Waals surface area contributed by atoms with Crippen molar-refractivity contribution in [3.63, 3.8) is 0 Å².